The van der Waals surface area contributed by atoms with Crippen LogP contribution < -0.4 is 5.32 Å². The zero-order valence-corrected chi connectivity index (χ0v) is 12.6. The Kier molecular flexibility index (Phi) is 4.71. The average molecular weight is 326 g/mol. The van der Waals surface area contributed by atoms with E-state index in [1.54, 1.807) is 12.3 Å². The molecule has 1 aromatic carbocycles. The quantitative estimate of drug-likeness (QED) is 0.911. The Morgan fingerprint density at radius 2 is 2.26 bits per heavy atom. The highest BCUT2D eigenvalue weighted by molar-refractivity contribution is 9.10. The lowest BCUT2D eigenvalue weighted by Gasteiger charge is -2.18. The van der Waals surface area contributed by atoms with Gasteiger partial charge in [-0.05, 0) is 47.1 Å². The second-order valence-corrected chi connectivity index (χ2v) is 5.23. The van der Waals surface area contributed by atoms with Crippen molar-refractivity contribution in [3.05, 3.63) is 52.3 Å². The first-order valence-corrected chi connectivity index (χ1v) is 7.10. The molecule has 2 aromatic rings. The minimum atomic E-state index is -0.258. The Bertz CT molecular complexity index is 553. The van der Waals surface area contributed by atoms with Crippen molar-refractivity contribution in [3.8, 4) is 0 Å². The third-order valence-electron chi connectivity index (χ3n) is 3.04. The minimum Gasteiger partial charge on any atom is -0.333 e. The zero-order valence-electron chi connectivity index (χ0n) is 11.0. The second-order valence-electron chi connectivity index (χ2n) is 4.37. The van der Waals surface area contributed by atoms with E-state index in [-0.39, 0.29) is 11.9 Å². The SMILES string of the molecule is CCCn1ccnc1C(NC)c1ccc(Br)c(F)c1. The molecule has 0 saturated heterocycles. The normalized spacial score (nSPS) is 12.6. The third-order valence-corrected chi connectivity index (χ3v) is 3.68. The molecule has 1 atom stereocenters. The van der Waals surface area contributed by atoms with E-state index in [9.17, 15) is 4.39 Å². The molecule has 19 heavy (non-hydrogen) atoms. The van der Waals surface area contributed by atoms with Crippen LogP contribution in [0.15, 0.2) is 35.1 Å². The predicted octanol–water partition coefficient (Wildman–Crippen LogP) is 3.50. The molecule has 3 nitrogen and oxygen atoms in total. The van der Waals surface area contributed by atoms with E-state index in [0.717, 1.165) is 24.4 Å². The van der Waals surface area contributed by atoms with Crippen LogP contribution in [-0.2, 0) is 6.54 Å². The van der Waals surface area contributed by atoms with Crippen molar-refractivity contribution >= 4 is 15.9 Å². The highest BCUT2D eigenvalue weighted by Crippen LogP contribution is 2.24. The van der Waals surface area contributed by atoms with Crippen molar-refractivity contribution < 1.29 is 4.39 Å². The van der Waals surface area contributed by atoms with E-state index in [0.29, 0.717) is 4.47 Å². The summed E-state index contributed by atoms with van der Waals surface area (Å²) in [5.74, 6) is 0.650. The van der Waals surface area contributed by atoms with Gasteiger partial charge in [0.15, 0.2) is 0 Å². The molecule has 0 fully saturated rings. The van der Waals surface area contributed by atoms with Gasteiger partial charge in [-0.25, -0.2) is 9.37 Å². The molecule has 0 aliphatic rings. The highest BCUT2D eigenvalue weighted by Gasteiger charge is 2.18. The number of rotatable bonds is 5. The fourth-order valence-corrected chi connectivity index (χ4v) is 2.39. The van der Waals surface area contributed by atoms with Gasteiger partial charge in [0.25, 0.3) is 0 Å². The minimum absolute atomic E-state index is 0.107. The van der Waals surface area contributed by atoms with Crippen molar-refractivity contribution in [2.75, 3.05) is 7.05 Å². The maximum Gasteiger partial charge on any atom is 0.137 e. The van der Waals surface area contributed by atoms with Crippen LogP contribution in [0.3, 0.4) is 0 Å². The molecule has 0 radical (unpaired) electrons. The van der Waals surface area contributed by atoms with Crippen molar-refractivity contribution in [1.82, 2.24) is 14.9 Å². The molecular formula is C14H17BrFN3. The monoisotopic (exact) mass is 325 g/mol. The molecule has 5 heteroatoms. The first-order chi connectivity index (χ1) is 9.17. The fourth-order valence-electron chi connectivity index (χ4n) is 2.15. The molecule has 0 aliphatic heterocycles. The van der Waals surface area contributed by atoms with E-state index < -0.39 is 0 Å². The molecule has 1 N–H and O–H groups in total. The largest absolute Gasteiger partial charge is 0.333 e. The Hall–Kier alpha value is -1.20. The smallest absolute Gasteiger partial charge is 0.137 e. The molecule has 0 bridgehead atoms. The summed E-state index contributed by atoms with van der Waals surface area (Å²) in [6.45, 7) is 3.03. The summed E-state index contributed by atoms with van der Waals surface area (Å²) < 4.78 is 16.2. The van der Waals surface area contributed by atoms with E-state index in [4.69, 9.17) is 0 Å². The summed E-state index contributed by atoms with van der Waals surface area (Å²) in [5, 5.41) is 3.20. The number of hydrogen-bond acceptors (Lipinski definition) is 2. The summed E-state index contributed by atoms with van der Waals surface area (Å²) in [4.78, 5) is 4.40. The lowest BCUT2D eigenvalue weighted by molar-refractivity contribution is 0.561. The summed E-state index contributed by atoms with van der Waals surface area (Å²) >= 11 is 3.17. The van der Waals surface area contributed by atoms with Crippen molar-refractivity contribution in [2.24, 2.45) is 0 Å². The third kappa shape index (κ3) is 3.04. The first-order valence-electron chi connectivity index (χ1n) is 6.30. The van der Waals surface area contributed by atoms with Crippen molar-refractivity contribution in [1.29, 1.82) is 0 Å². The van der Waals surface area contributed by atoms with E-state index in [1.165, 1.54) is 6.07 Å². The molecule has 2 rings (SSSR count). The molecule has 1 aromatic heterocycles. The van der Waals surface area contributed by atoms with Gasteiger partial charge in [0.2, 0.25) is 0 Å². The van der Waals surface area contributed by atoms with Crippen molar-refractivity contribution in [3.63, 3.8) is 0 Å². The van der Waals surface area contributed by atoms with Crippen LogP contribution >= 0.6 is 15.9 Å². The van der Waals surface area contributed by atoms with E-state index in [1.807, 2.05) is 19.3 Å². The average Bonchev–Trinajstić information content (AvgIpc) is 2.83. The van der Waals surface area contributed by atoms with E-state index >= 15 is 0 Å². The predicted molar refractivity (Wildman–Crippen MR) is 77.5 cm³/mol. The molecule has 1 unspecified atom stereocenters. The van der Waals surface area contributed by atoms with Gasteiger partial charge in [0, 0.05) is 18.9 Å². The Labute approximate surface area is 121 Å². The van der Waals surface area contributed by atoms with Gasteiger partial charge in [-0.1, -0.05) is 13.0 Å². The first kappa shape index (κ1) is 14.2. The maximum atomic E-state index is 13.7. The van der Waals surface area contributed by atoms with Crippen LogP contribution in [0.1, 0.15) is 30.8 Å². The molecule has 0 aliphatic carbocycles. The lowest BCUT2D eigenvalue weighted by atomic mass is 10.1. The maximum absolute atomic E-state index is 13.7. The molecular weight excluding hydrogens is 309 g/mol. The Morgan fingerprint density at radius 1 is 1.47 bits per heavy atom. The van der Waals surface area contributed by atoms with Gasteiger partial charge in [0.05, 0.1) is 10.5 Å². The number of nitrogens with zero attached hydrogens (tertiary/aromatic N) is 2. The second kappa shape index (κ2) is 6.30. The number of imidazole rings is 1. The van der Waals surface area contributed by atoms with Crippen LogP contribution in [0, 0.1) is 5.82 Å². The molecule has 102 valence electrons. The van der Waals surface area contributed by atoms with E-state index in [2.05, 4.69) is 37.7 Å². The standard InChI is InChI=1S/C14H17BrFN3/c1-3-7-19-8-6-18-14(19)13(17-2)10-4-5-11(15)12(16)9-10/h4-6,8-9,13,17H,3,7H2,1-2H3. The van der Waals surface area contributed by atoms with Crippen LogP contribution in [0.4, 0.5) is 4.39 Å². The van der Waals surface area contributed by atoms with Gasteiger partial charge in [0.1, 0.15) is 11.6 Å². The van der Waals surface area contributed by atoms with Crippen LogP contribution in [0.25, 0.3) is 0 Å². The fraction of sp³-hybridized carbons (Fsp3) is 0.357. The van der Waals surface area contributed by atoms with Crippen LogP contribution in [0.2, 0.25) is 0 Å². The highest BCUT2D eigenvalue weighted by atomic mass is 79.9. The topological polar surface area (TPSA) is 29.9 Å². The van der Waals surface area contributed by atoms with Gasteiger partial charge < -0.3 is 9.88 Å². The molecule has 0 saturated carbocycles. The van der Waals surface area contributed by atoms with Gasteiger partial charge in [-0.2, -0.15) is 0 Å². The Morgan fingerprint density at radius 3 is 2.89 bits per heavy atom. The molecule has 0 amide bonds. The number of halogens is 2. The van der Waals surface area contributed by atoms with Gasteiger partial charge >= 0.3 is 0 Å². The van der Waals surface area contributed by atoms with Crippen molar-refractivity contribution in [2.45, 2.75) is 25.9 Å². The number of hydrogen-bond donors (Lipinski definition) is 1. The van der Waals surface area contributed by atoms with Crippen LogP contribution in [0.5, 0.6) is 0 Å². The van der Waals surface area contributed by atoms with Gasteiger partial charge in [-0.3, -0.25) is 0 Å². The molecule has 1 heterocycles. The number of benzene rings is 1. The molecule has 0 spiro atoms. The number of nitrogens with one attached hydrogen (secondary N) is 1. The summed E-state index contributed by atoms with van der Waals surface area (Å²) in [6.07, 6.45) is 4.78. The zero-order chi connectivity index (χ0) is 13.8. The van der Waals surface area contributed by atoms with Crippen LogP contribution in [-0.4, -0.2) is 16.6 Å². The van der Waals surface area contributed by atoms with Gasteiger partial charge in [-0.15, -0.1) is 0 Å². The number of aryl methyl sites for hydroxylation is 1. The summed E-state index contributed by atoms with van der Waals surface area (Å²) in [5.41, 5.74) is 0.867. The number of aromatic nitrogens is 2. The Balaban J connectivity index is 2.38. The summed E-state index contributed by atoms with van der Waals surface area (Å²) in [7, 11) is 1.86. The summed E-state index contributed by atoms with van der Waals surface area (Å²) in [6, 6.07) is 5.06. The lowest BCUT2D eigenvalue weighted by Crippen LogP contribution is -2.22.